The number of carbonyl (C=O) groups is 2. The monoisotopic (exact) mass is 418 g/mol. The molecule has 3 heterocycles. The summed E-state index contributed by atoms with van der Waals surface area (Å²) in [5.41, 5.74) is 2.63. The zero-order valence-corrected chi connectivity index (χ0v) is 17.6. The number of piperidine rings is 1. The van der Waals surface area contributed by atoms with Crippen molar-refractivity contribution in [2.45, 2.75) is 38.1 Å². The molecule has 2 aromatic carbocycles. The van der Waals surface area contributed by atoms with E-state index in [0.29, 0.717) is 24.0 Å². The van der Waals surface area contributed by atoms with Gasteiger partial charge in [0, 0.05) is 12.0 Å². The van der Waals surface area contributed by atoms with Crippen LogP contribution in [0.4, 0.5) is 5.69 Å². The second-order valence-corrected chi connectivity index (χ2v) is 8.17. The summed E-state index contributed by atoms with van der Waals surface area (Å²) in [6, 6.07) is 14.9. The first-order chi connectivity index (χ1) is 15.1. The highest BCUT2D eigenvalue weighted by atomic mass is 16.5. The molecule has 2 aliphatic heterocycles. The van der Waals surface area contributed by atoms with E-state index in [2.05, 4.69) is 9.88 Å². The molecule has 1 N–H and O–H groups in total. The molecule has 1 unspecified atom stereocenters. The first-order valence-corrected chi connectivity index (χ1v) is 10.9. The Balaban J connectivity index is 1.27. The number of aromatic amines is 1. The summed E-state index contributed by atoms with van der Waals surface area (Å²) in [4.78, 5) is 37.5. The zero-order valence-electron chi connectivity index (χ0n) is 17.6. The van der Waals surface area contributed by atoms with E-state index in [1.807, 2.05) is 43.3 Å². The van der Waals surface area contributed by atoms with Gasteiger partial charge >= 0.3 is 0 Å². The maximum absolute atomic E-state index is 13.2. The number of anilines is 1. The third-order valence-corrected chi connectivity index (χ3v) is 6.27. The second kappa shape index (κ2) is 8.15. The van der Waals surface area contributed by atoms with E-state index in [0.717, 1.165) is 42.8 Å². The standard InChI is InChI=1S/C24H26N4O3/c1-2-31-18-7-5-6-17(14-18)28-22(29)15-21(24(28)30)27-12-10-16(11-13-27)23-25-19-8-3-4-9-20(19)26-23/h3-9,14,16,21H,2,10-13,15H2,1H3,(H,25,26). The maximum atomic E-state index is 13.2. The van der Waals surface area contributed by atoms with Gasteiger partial charge in [-0.1, -0.05) is 18.2 Å². The lowest BCUT2D eigenvalue weighted by Gasteiger charge is -2.34. The molecule has 160 valence electrons. The Kier molecular flexibility index (Phi) is 5.19. The third kappa shape index (κ3) is 3.70. The van der Waals surface area contributed by atoms with Crippen LogP contribution in [0.15, 0.2) is 48.5 Å². The molecule has 3 aromatic rings. The number of ether oxygens (including phenoxy) is 1. The first kappa shape index (κ1) is 19.8. The lowest BCUT2D eigenvalue weighted by atomic mass is 9.95. The van der Waals surface area contributed by atoms with Crippen LogP contribution in [0.1, 0.15) is 37.9 Å². The van der Waals surface area contributed by atoms with Crippen molar-refractivity contribution in [3.8, 4) is 5.75 Å². The van der Waals surface area contributed by atoms with Crippen LogP contribution in [0, 0.1) is 0 Å². The molecule has 7 heteroatoms. The quantitative estimate of drug-likeness (QED) is 0.642. The van der Waals surface area contributed by atoms with Crippen LogP contribution in [0.3, 0.4) is 0 Å². The highest BCUT2D eigenvalue weighted by Crippen LogP contribution is 2.33. The molecular formula is C24H26N4O3. The fourth-order valence-electron chi connectivity index (χ4n) is 4.70. The number of rotatable bonds is 5. The van der Waals surface area contributed by atoms with Crippen LogP contribution in [-0.2, 0) is 9.59 Å². The highest BCUT2D eigenvalue weighted by molar-refractivity contribution is 6.22. The van der Waals surface area contributed by atoms with Crippen LogP contribution in [0.5, 0.6) is 5.75 Å². The van der Waals surface area contributed by atoms with Crippen LogP contribution < -0.4 is 9.64 Å². The van der Waals surface area contributed by atoms with E-state index in [4.69, 9.17) is 9.72 Å². The van der Waals surface area contributed by atoms with E-state index in [-0.39, 0.29) is 24.3 Å². The van der Waals surface area contributed by atoms with Crippen LogP contribution in [0.2, 0.25) is 0 Å². The minimum Gasteiger partial charge on any atom is -0.494 e. The number of hydrogen-bond acceptors (Lipinski definition) is 5. The van der Waals surface area contributed by atoms with Gasteiger partial charge in [0.25, 0.3) is 5.91 Å². The molecular weight excluding hydrogens is 392 g/mol. The molecule has 0 spiro atoms. The first-order valence-electron chi connectivity index (χ1n) is 10.9. The van der Waals surface area contributed by atoms with Gasteiger partial charge in [-0.2, -0.15) is 0 Å². The number of imide groups is 1. The molecule has 0 aliphatic carbocycles. The average Bonchev–Trinajstić information content (AvgIpc) is 3.35. The number of fused-ring (bicyclic) bond motifs is 1. The van der Waals surface area contributed by atoms with E-state index >= 15 is 0 Å². The van der Waals surface area contributed by atoms with Gasteiger partial charge in [-0.3, -0.25) is 14.5 Å². The number of aromatic nitrogens is 2. The summed E-state index contributed by atoms with van der Waals surface area (Å²) in [5, 5.41) is 0. The van der Waals surface area contributed by atoms with E-state index in [1.165, 1.54) is 4.90 Å². The second-order valence-electron chi connectivity index (χ2n) is 8.17. The number of para-hydroxylation sites is 2. The van der Waals surface area contributed by atoms with Crippen molar-refractivity contribution in [3.63, 3.8) is 0 Å². The number of imidazole rings is 1. The molecule has 2 saturated heterocycles. The van der Waals surface area contributed by atoms with Gasteiger partial charge in [-0.05, 0) is 57.1 Å². The molecule has 1 aromatic heterocycles. The van der Waals surface area contributed by atoms with Gasteiger partial charge in [0.2, 0.25) is 5.91 Å². The van der Waals surface area contributed by atoms with Crippen molar-refractivity contribution >= 4 is 28.5 Å². The highest BCUT2D eigenvalue weighted by Gasteiger charge is 2.43. The predicted molar refractivity (Wildman–Crippen MR) is 118 cm³/mol. The minimum atomic E-state index is -0.389. The van der Waals surface area contributed by atoms with Crippen LogP contribution in [0.25, 0.3) is 11.0 Å². The number of H-pyrrole nitrogens is 1. The molecule has 2 aliphatic rings. The van der Waals surface area contributed by atoms with Gasteiger partial charge < -0.3 is 9.72 Å². The SMILES string of the molecule is CCOc1cccc(N2C(=O)CC(N3CCC(c4nc5ccccc5[nH]4)CC3)C2=O)c1. The topological polar surface area (TPSA) is 78.5 Å². The maximum Gasteiger partial charge on any atom is 0.251 e. The molecule has 0 saturated carbocycles. The third-order valence-electron chi connectivity index (χ3n) is 6.27. The summed E-state index contributed by atoms with van der Waals surface area (Å²) in [5.74, 6) is 1.73. The molecule has 7 nitrogen and oxygen atoms in total. The Morgan fingerprint density at radius 1 is 1.10 bits per heavy atom. The van der Waals surface area contributed by atoms with Gasteiger partial charge in [0.1, 0.15) is 11.6 Å². The van der Waals surface area contributed by atoms with Gasteiger partial charge in [0.15, 0.2) is 0 Å². The predicted octanol–water partition coefficient (Wildman–Crippen LogP) is 3.47. The van der Waals surface area contributed by atoms with Crippen molar-refractivity contribution < 1.29 is 14.3 Å². The Labute approximate surface area is 181 Å². The summed E-state index contributed by atoms with van der Waals surface area (Å²) in [6.45, 7) is 3.99. The van der Waals surface area contributed by atoms with Gasteiger partial charge in [-0.25, -0.2) is 9.88 Å². The Morgan fingerprint density at radius 2 is 1.90 bits per heavy atom. The summed E-state index contributed by atoms with van der Waals surface area (Å²) in [7, 11) is 0. The number of carbonyl (C=O) groups excluding carboxylic acids is 2. The Hall–Kier alpha value is -3.19. The number of amides is 2. The number of nitrogens with zero attached hydrogens (tertiary/aromatic N) is 3. The molecule has 2 fully saturated rings. The molecule has 1 atom stereocenters. The number of nitrogens with one attached hydrogen (secondary N) is 1. The molecule has 0 bridgehead atoms. The molecule has 2 amide bonds. The number of hydrogen-bond donors (Lipinski definition) is 1. The van der Waals surface area contributed by atoms with Crippen molar-refractivity contribution in [2.75, 3.05) is 24.6 Å². The van der Waals surface area contributed by atoms with Gasteiger partial charge in [0.05, 0.1) is 35.8 Å². The Morgan fingerprint density at radius 3 is 2.68 bits per heavy atom. The minimum absolute atomic E-state index is 0.138. The fraction of sp³-hybridized carbons (Fsp3) is 0.375. The normalized spacial score (nSPS) is 20.7. The Bertz CT molecular complexity index is 1080. The lowest BCUT2D eigenvalue weighted by Crippen LogP contribution is -2.45. The summed E-state index contributed by atoms with van der Waals surface area (Å²) < 4.78 is 5.53. The summed E-state index contributed by atoms with van der Waals surface area (Å²) in [6.07, 6.45) is 2.06. The smallest absolute Gasteiger partial charge is 0.251 e. The number of likely N-dealkylation sites (tertiary alicyclic amines) is 1. The average molecular weight is 418 g/mol. The van der Waals surface area contributed by atoms with E-state index in [1.54, 1.807) is 12.1 Å². The molecule has 31 heavy (non-hydrogen) atoms. The lowest BCUT2D eigenvalue weighted by molar-refractivity contribution is -0.123. The largest absolute Gasteiger partial charge is 0.494 e. The molecule has 5 rings (SSSR count). The van der Waals surface area contributed by atoms with Crippen molar-refractivity contribution in [2.24, 2.45) is 0 Å². The van der Waals surface area contributed by atoms with Crippen LogP contribution >= 0.6 is 0 Å². The van der Waals surface area contributed by atoms with Crippen LogP contribution in [-0.4, -0.2) is 52.4 Å². The van der Waals surface area contributed by atoms with Crippen molar-refractivity contribution in [3.05, 3.63) is 54.4 Å². The van der Waals surface area contributed by atoms with E-state index in [9.17, 15) is 9.59 Å². The zero-order chi connectivity index (χ0) is 21.4. The summed E-state index contributed by atoms with van der Waals surface area (Å²) >= 11 is 0. The molecule has 0 radical (unpaired) electrons. The van der Waals surface area contributed by atoms with Gasteiger partial charge in [-0.15, -0.1) is 0 Å². The van der Waals surface area contributed by atoms with E-state index < -0.39 is 0 Å². The van der Waals surface area contributed by atoms with Crippen molar-refractivity contribution in [1.29, 1.82) is 0 Å². The van der Waals surface area contributed by atoms with Crippen molar-refractivity contribution in [1.82, 2.24) is 14.9 Å². The number of benzene rings is 2. The fourth-order valence-corrected chi connectivity index (χ4v) is 4.70.